The van der Waals surface area contributed by atoms with Crippen LogP contribution in [0.5, 0.6) is 0 Å². The fourth-order valence-corrected chi connectivity index (χ4v) is 2.14. The van der Waals surface area contributed by atoms with Gasteiger partial charge in [-0.05, 0) is 24.6 Å². The summed E-state index contributed by atoms with van der Waals surface area (Å²) >= 11 is 0. The van der Waals surface area contributed by atoms with Gasteiger partial charge in [-0.1, -0.05) is 54.1 Å². The van der Waals surface area contributed by atoms with Crippen molar-refractivity contribution in [3.05, 3.63) is 78.4 Å². The van der Waals surface area contributed by atoms with Gasteiger partial charge in [0.15, 0.2) is 0 Å². The molecule has 3 nitrogen and oxygen atoms in total. The Balaban J connectivity index is 2.12. The van der Waals surface area contributed by atoms with Gasteiger partial charge in [-0.25, -0.2) is 0 Å². The summed E-state index contributed by atoms with van der Waals surface area (Å²) in [4.78, 5) is 12.1. The Morgan fingerprint density at radius 2 is 1.76 bits per heavy atom. The van der Waals surface area contributed by atoms with Crippen LogP contribution in [0.4, 0.5) is 5.69 Å². The highest BCUT2D eigenvalue weighted by Gasteiger charge is 2.25. The first kappa shape index (κ1) is 15.0. The topological polar surface area (TPSA) is 49.3 Å². The maximum absolute atomic E-state index is 12.1. The number of anilines is 1. The van der Waals surface area contributed by atoms with E-state index in [2.05, 4.69) is 11.9 Å². The first-order chi connectivity index (χ1) is 10.1. The van der Waals surface area contributed by atoms with Gasteiger partial charge in [-0.15, -0.1) is 6.58 Å². The average Bonchev–Trinajstić information content (AvgIpc) is 2.50. The lowest BCUT2D eigenvalue weighted by Crippen LogP contribution is -2.32. The number of amides is 1. The molecule has 21 heavy (non-hydrogen) atoms. The summed E-state index contributed by atoms with van der Waals surface area (Å²) in [6.45, 7) is 5.72. The van der Waals surface area contributed by atoms with E-state index in [9.17, 15) is 9.90 Å². The highest BCUT2D eigenvalue weighted by Crippen LogP contribution is 2.22. The predicted molar refractivity (Wildman–Crippen MR) is 85.2 cm³/mol. The number of nitrogens with one attached hydrogen (secondary N) is 1. The second kappa shape index (κ2) is 6.86. The molecule has 0 aliphatic heterocycles. The number of carbonyl (C=O) groups excluding carboxylic acids is 1. The number of rotatable bonds is 5. The predicted octanol–water partition coefficient (Wildman–Crippen LogP) is 3.26. The van der Waals surface area contributed by atoms with E-state index >= 15 is 0 Å². The van der Waals surface area contributed by atoms with Gasteiger partial charge in [0, 0.05) is 11.6 Å². The minimum atomic E-state index is -1.18. The number of aliphatic hydroxyl groups is 1. The Morgan fingerprint density at radius 1 is 1.14 bits per heavy atom. The maximum Gasteiger partial charge on any atom is 0.254 e. The first-order valence-electron chi connectivity index (χ1n) is 6.85. The lowest BCUT2D eigenvalue weighted by atomic mass is 9.92. The number of hydrogen-bond acceptors (Lipinski definition) is 2. The maximum atomic E-state index is 12.1. The number of hydrogen-bond donors (Lipinski definition) is 2. The molecule has 3 heteroatoms. The van der Waals surface area contributed by atoms with Crippen LogP contribution in [0, 0.1) is 6.92 Å². The molecule has 0 heterocycles. The largest absolute Gasteiger partial charge is 0.382 e. The average molecular weight is 281 g/mol. The monoisotopic (exact) mass is 281 g/mol. The second-order valence-electron chi connectivity index (χ2n) is 4.97. The third kappa shape index (κ3) is 3.80. The molecule has 2 aromatic carbocycles. The minimum Gasteiger partial charge on any atom is -0.382 e. The van der Waals surface area contributed by atoms with Gasteiger partial charge in [0.25, 0.3) is 5.91 Å². The van der Waals surface area contributed by atoms with Crippen LogP contribution in [0.25, 0.3) is 0 Å². The first-order valence-corrected chi connectivity index (χ1v) is 6.85. The highest BCUT2D eigenvalue weighted by molar-refractivity contribution is 5.94. The normalized spacial score (nSPS) is 13.2. The lowest BCUT2D eigenvalue weighted by molar-refractivity contribution is -0.124. The molecule has 0 fully saturated rings. The molecule has 0 aliphatic rings. The highest BCUT2D eigenvalue weighted by atomic mass is 16.3. The van der Waals surface area contributed by atoms with Gasteiger partial charge >= 0.3 is 0 Å². The molecule has 0 aliphatic carbocycles. The zero-order valence-electron chi connectivity index (χ0n) is 12.0. The van der Waals surface area contributed by atoms with E-state index in [-0.39, 0.29) is 0 Å². The smallest absolute Gasteiger partial charge is 0.254 e. The van der Waals surface area contributed by atoms with Crippen molar-refractivity contribution in [2.24, 2.45) is 0 Å². The zero-order chi connectivity index (χ0) is 15.2. The summed E-state index contributed by atoms with van der Waals surface area (Å²) in [6.07, 6.45) is 0.422. The number of aryl methyl sites for hydroxylation is 1. The van der Waals surface area contributed by atoms with Crippen molar-refractivity contribution >= 4 is 11.6 Å². The Morgan fingerprint density at radius 3 is 2.33 bits per heavy atom. The van der Waals surface area contributed by atoms with Gasteiger partial charge in [0.1, 0.15) is 6.10 Å². The summed E-state index contributed by atoms with van der Waals surface area (Å²) in [5, 5.41) is 13.0. The van der Waals surface area contributed by atoms with Crippen LogP contribution in [0.3, 0.4) is 0 Å². The second-order valence-corrected chi connectivity index (χ2v) is 4.97. The van der Waals surface area contributed by atoms with Crippen molar-refractivity contribution in [1.82, 2.24) is 0 Å². The van der Waals surface area contributed by atoms with Crippen molar-refractivity contribution < 1.29 is 9.90 Å². The molecule has 1 amide bonds. The lowest BCUT2D eigenvalue weighted by Gasteiger charge is -2.19. The standard InChI is InChI=1S/C18H19NO2/c1-3-16(14-11-9-13(2)10-12-14)17(20)18(21)19-15-7-5-4-6-8-15/h3-12,16-17,20H,1H2,2H3,(H,19,21)/t16-,17+/m1/s1. The van der Waals surface area contributed by atoms with Crippen LogP contribution in [-0.2, 0) is 4.79 Å². The summed E-state index contributed by atoms with van der Waals surface area (Å²) in [5.74, 6) is -0.874. The van der Waals surface area contributed by atoms with E-state index in [4.69, 9.17) is 0 Å². The number of para-hydroxylation sites is 1. The molecular formula is C18H19NO2. The van der Waals surface area contributed by atoms with Crippen LogP contribution < -0.4 is 5.32 Å². The third-order valence-corrected chi connectivity index (χ3v) is 3.37. The van der Waals surface area contributed by atoms with Crippen LogP contribution >= 0.6 is 0 Å². The Bertz CT molecular complexity index is 605. The summed E-state index contributed by atoms with van der Waals surface area (Å²) in [5.41, 5.74) is 2.66. The van der Waals surface area contributed by atoms with Gasteiger partial charge in [-0.3, -0.25) is 4.79 Å². The molecule has 2 atom stereocenters. The van der Waals surface area contributed by atoms with E-state index in [0.717, 1.165) is 11.1 Å². The van der Waals surface area contributed by atoms with Crippen molar-refractivity contribution in [1.29, 1.82) is 0 Å². The fourth-order valence-electron chi connectivity index (χ4n) is 2.14. The van der Waals surface area contributed by atoms with Crippen LogP contribution in [0.1, 0.15) is 17.0 Å². The Kier molecular flexibility index (Phi) is 4.90. The molecule has 0 radical (unpaired) electrons. The van der Waals surface area contributed by atoms with E-state index in [1.54, 1.807) is 18.2 Å². The summed E-state index contributed by atoms with van der Waals surface area (Å²) in [7, 11) is 0. The van der Waals surface area contributed by atoms with Gasteiger partial charge in [0.2, 0.25) is 0 Å². The van der Waals surface area contributed by atoms with Crippen molar-refractivity contribution in [2.75, 3.05) is 5.32 Å². The molecule has 0 spiro atoms. The number of aliphatic hydroxyl groups excluding tert-OH is 1. The quantitative estimate of drug-likeness (QED) is 0.826. The molecular weight excluding hydrogens is 262 g/mol. The van der Waals surface area contributed by atoms with E-state index < -0.39 is 17.9 Å². The van der Waals surface area contributed by atoms with Gasteiger partial charge < -0.3 is 10.4 Å². The Hall–Kier alpha value is -2.39. The molecule has 2 rings (SSSR count). The molecule has 0 saturated carbocycles. The van der Waals surface area contributed by atoms with Crippen LogP contribution in [0.15, 0.2) is 67.3 Å². The van der Waals surface area contributed by atoms with Gasteiger partial charge in [-0.2, -0.15) is 0 Å². The molecule has 2 N–H and O–H groups in total. The van der Waals surface area contributed by atoms with Crippen molar-refractivity contribution in [3.63, 3.8) is 0 Å². The Labute approximate surface area is 124 Å². The third-order valence-electron chi connectivity index (χ3n) is 3.37. The summed E-state index contributed by atoms with van der Waals surface area (Å²) in [6, 6.07) is 16.8. The van der Waals surface area contributed by atoms with E-state index in [1.807, 2.05) is 49.4 Å². The van der Waals surface area contributed by atoms with Crippen molar-refractivity contribution in [2.45, 2.75) is 18.9 Å². The molecule has 0 bridgehead atoms. The molecule has 0 unspecified atom stereocenters. The minimum absolute atomic E-state index is 0.436. The number of benzene rings is 2. The molecule has 0 aromatic heterocycles. The molecule has 2 aromatic rings. The van der Waals surface area contributed by atoms with Crippen molar-refractivity contribution in [3.8, 4) is 0 Å². The van der Waals surface area contributed by atoms with Gasteiger partial charge in [0.05, 0.1) is 0 Å². The van der Waals surface area contributed by atoms with Crippen LogP contribution in [-0.4, -0.2) is 17.1 Å². The van der Waals surface area contributed by atoms with E-state index in [0.29, 0.717) is 5.69 Å². The molecule has 0 saturated heterocycles. The molecule has 108 valence electrons. The zero-order valence-corrected chi connectivity index (χ0v) is 12.0. The number of carbonyl (C=O) groups is 1. The van der Waals surface area contributed by atoms with E-state index in [1.165, 1.54) is 0 Å². The van der Waals surface area contributed by atoms with Crippen LogP contribution in [0.2, 0.25) is 0 Å². The fraction of sp³-hybridized carbons (Fsp3) is 0.167. The SMILES string of the molecule is C=C[C@H](c1ccc(C)cc1)[C@H](O)C(=O)Nc1ccccc1. The summed E-state index contributed by atoms with van der Waals surface area (Å²) < 4.78 is 0.